The number of imidazole rings is 1. The average molecular weight is 312 g/mol. The zero-order valence-electron chi connectivity index (χ0n) is 13.1. The fourth-order valence-corrected chi connectivity index (χ4v) is 3.56. The molecule has 6 heteroatoms. The van der Waals surface area contributed by atoms with Gasteiger partial charge in [0.25, 0.3) is 0 Å². The predicted octanol–water partition coefficient (Wildman–Crippen LogP) is 2.49. The van der Waals surface area contributed by atoms with Crippen molar-refractivity contribution in [2.45, 2.75) is 25.2 Å². The lowest BCUT2D eigenvalue weighted by atomic mass is 9.89. The van der Waals surface area contributed by atoms with Crippen molar-refractivity contribution in [3.05, 3.63) is 35.9 Å². The van der Waals surface area contributed by atoms with Gasteiger partial charge in [-0.05, 0) is 24.5 Å². The highest BCUT2D eigenvalue weighted by molar-refractivity contribution is 5.96. The summed E-state index contributed by atoms with van der Waals surface area (Å²) in [6.45, 7) is 2.10. The second-order valence-corrected chi connectivity index (χ2v) is 6.08. The van der Waals surface area contributed by atoms with E-state index in [0.29, 0.717) is 6.42 Å². The monoisotopic (exact) mass is 312 g/mol. The number of carbonyl (C=O) groups is 1. The quantitative estimate of drug-likeness (QED) is 0.913. The molecule has 4 rings (SSSR count). The first-order valence-electron chi connectivity index (χ1n) is 8.02. The summed E-state index contributed by atoms with van der Waals surface area (Å²) in [7, 11) is 1.68. The first kappa shape index (κ1) is 14.1. The number of rotatable bonds is 3. The van der Waals surface area contributed by atoms with E-state index in [-0.39, 0.29) is 11.8 Å². The first-order valence-corrected chi connectivity index (χ1v) is 8.02. The standard InChI is InChI=1S/C17H20N4O2/c1-23-15-10-13-11(8-14(15)21-6-2-3-7-21)12(9-16(22)20-13)17-18-4-5-19-17/h4-5,8,10,12H,2-3,6-7,9H2,1H3,(H,18,19)(H,20,22). The van der Waals surface area contributed by atoms with E-state index in [1.54, 1.807) is 19.5 Å². The summed E-state index contributed by atoms with van der Waals surface area (Å²) >= 11 is 0. The fourth-order valence-electron chi connectivity index (χ4n) is 3.56. The molecule has 2 aliphatic heterocycles. The summed E-state index contributed by atoms with van der Waals surface area (Å²) < 4.78 is 5.57. The molecule has 0 spiro atoms. The van der Waals surface area contributed by atoms with Gasteiger partial charge in [-0.15, -0.1) is 0 Å². The van der Waals surface area contributed by atoms with Gasteiger partial charge >= 0.3 is 0 Å². The third-order valence-electron chi connectivity index (χ3n) is 4.69. The lowest BCUT2D eigenvalue weighted by molar-refractivity contribution is -0.116. The van der Waals surface area contributed by atoms with E-state index >= 15 is 0 Å². The van der Waals surface area contributed by atoms with Gasteiger partial charge in [0.1, 0.15) is 11.6 Å². The lowest BCUT2D eigenvalue weighted by Gasteiger charge is -2.28. The predicted molar refractivity (Wildman–Crippen MR) is 88.1 cm³/mol. The van der Waals surface area contributed by atoms with Crippen LogP contribution in [-0.4, -0.2) is 36.1 Å². The highest BCUT2D eigenvalue weighted by Gasteiger charge is 2.30. The number of carbonyl (C=O) groups excluding carboxylic acids is 1. The van der Waals surface area contributed by atoms with E-state index in [1.807, 2.05) is 6.07 Å². The molecule has 0 bridgehead atoms. The molecule has 120 valence electrons. The van der Waals surface area contributed by atoms with Crippen LogP contribution in [0, 0.1) is 0 Å². The van der Waals surface area contributed by atoms with Gasteiger partial charge in [0.15, 0.2) is 0 Å². The maximum Gasteiger partial charge on any atom is 0.225 e. The molecule has 1 aromatic heterocycles. The number of nitrogens with one attached hydrogen (secondary N) is 2. The Hall–Kier alpha value is -2.50. The molecule has 1 unspecified atom stereocenters. The molecule has 1 saturated heterocycles. The van der Waals surface area contributed by atoms with E-state index in [1.165, 1.54) is 12.8 Å². The van der Waals surface area contributed by atoms with Crippen LogP contribution >= 0.6 is 0 Å². The summed E-state index contributed by atoms with van der Waals surface area (Å²) in [6, 6.07) is 4.10. The summed E-state index contributed by atoms with van der Waals surface area (Å²) in [4.78, 5) is 21.9. The van der Waals surface area contributed by atoms with Crippen LogP contribution in [0.4, 0.5) is 11.4 Å². The van der Waals surface area contributed by atoms with Gasteiger partial charge < -0.3 is 19.9 Å². The van der Waals surface area contributed by atoms with Crippen LogP contribution in [0.2, 0.25) is 0 Å². The number of ether oxygens (including phenoxy) is 1. The number of benzene rings is 1. The van der Waals surface area contributed by atoms with E-state index in [0.717, 1.165) is 41.6 Å². The van der Waals surface area contributed by atoms with Crippen LogP contribution < -0.4 is 15.0 Å². The number of aromatic nitrogens is 2. The molecule has 2 aromatic rings. The summed E-state index contributed by atoms with van der Waals surface area (Å²) in [5.41, 5.74) is 3.03. The van der Waals surface area contributed by atoms with Gasteiger partial charge in [-0.25, -0.2) is 4.98 Å². The van der Waals surface area contributed by atoms with Gasteiger partial charge in [0.05, 0.1) is 18.7 Å². The van der Waals surface area contributed by atoms with Crippen molar-refractivity contribution in [2.75, 3.05) is 30.4 Å². The number of anilines is 2. The summed E-state index contributed by atoms with van der Waals surface area (Å²) in [5.74, 6) is 1.61. The Morgan fingerprint density at radius 1 is 1.30 bits per heavy atom. The fraction of sp³-hybridized carbons (Fsp3) is 0.412. The average Bonchev–Trinajstić information content (AvgIpc) is 3.26. The molecule has 2 N–H and O–H groups in total. The number of amides is 1. The summed E-state index contributed by atoms with van der Waals surface area (Å²) in [5, 5.41) is 2.97. The molecule has 6 nitrogen and oxygen atoms in total. The zero-order valence-corrected chi connectivity index (χ0v) is 13.1. The Kier molecular flexibility index (Phi) is 3.44. The third kappa shape index (κ3) is 2.44. The van der Waals surface area contributed by atoms with Crippen LogP contribution in [0.25, 0.3) is 0 Å². The normalized spacial score (nSPS) is 20.3. The largest absolute Gasteiger partial charge is 0.495 e. The number of methoxy groups -OCH3 is 1. The Morgan fingerprint density at radius 2 is 2.13 bits per heavy atom. The van der Waals surface area contributed by atoms with Crippen LogP contribution in [0.3, 0.4) is 0 Å². The van der Waals surface area contributed by atoms with Crippen molar-refractivity contribution in [3.8, 4) is 5.75 Å². The van der Waals surface area contributed by atoms with E-state index in [9.17, 15) is 4.79 Å². The molecule has 0 saturated carbocycles. The topological polar surface area (TPSA) is 70.2 Å². The molecule has 2 aliphatic rings. The van der Waals surface area contributed by atoms with Crippen molar-refractivity contribution in [1.82, 2.24) is 9.97 Å². The van der Waals surface area contributed by atoms with E-state index in [4.69, 9.17) is 4.74 Å². The van der Waals surface area contributed by atoms with Crippen LogP contribution in [0.5, 0.6) is 5.75 Å². The second kappa shape index (κ2) is 5.61. The molecular weight excluding hydrogens is 292 g/mol. The number of fused-ring (bicyclic) bond motifs is 1. The minimum atomic E-state index is -0.0407. The van der Waals surface area contributed by atoms with Crippen LogP contribution in [0.1, 0.15) is 36.6 Å². The lowest BCUT2D eigenvalue weighted by Crippen LogP contribution is -2.25. The van der Waals surface area contributed by atoms with Gasteiger partial charge in [0, 0.05) is 43.7 Å². The van der Waals surface area contributed by atoms with Crippen LogP contribution in [0.15, 0.2) is 24.5 Å². The Balaban J connectivity index is 1.82. The Labute approximate surface area is 134 Å². The molecule has 1 fully saturated rings. The van der Waals surface area contributed by atoms with Crippen molar-refractivity contribution < 1.29 is 9.53 Å². The van der Waals surface area contributed by atoms with Crippen molar-refractivity contribution in [2.24, 2.45) is 0 Å². The number of aromatic amines is 1. The minimum Gasteiger partial charge on any atom is -0.495 e. The highest BCUT2D eigenvalue weighted by Crippen LogP contribution is 2.43. The number of H-pyrrole nitrogens is 1. The zero-order chi connectivity index (χ0) is 15.8. The molecule has 1 atom stereocenters. The molecule has 3 heterocycles. The molecule has 23 heavy (non-hydrogen) atoms. The minimum absolute atomic E-state index is 0.00914. The van der Waals surface area contributed by atoms with Gasteiger partial charge in [-0.3, -0.25) is 4.79 Å². The first-order chi connectivity index (χ1) is 11.3. The second-order valence-electron chi connectivity index (χ2n) is 6.08. The molecule has 1 amide bonds. The highest BCUT2D eigenvalue weighted by atomic mass is 16.5. The summed E-state index contributed by atoms with van der Waals surface area (Å²) in [6.07, 6.45) is 6.35. The van der Waals surface area contributed by atoms with Crippen molar-refractivity contribution in [3.63, 3.8) is 0 Å². The number of nitrogens with zero attached hydrogens (tertiary/aromatic N) is 2. The van der Waals surface area contributed by atoms with Gasteiger partial charge in [-0.1, -0.05) is 0 Å². The maximum absolute atomic E-state index is 12.1. The molecule has 1 aromatic carbocycles. The molecular formula is C17H20N4O2. The smallest absolute Gasteiger partial charge is 0.225 e. The SMILES string of the molecule is COc1cc2c(cc1N1CCCC1)C(c1ncc[nH]1)CC(=O)N2. The van der Waals surface area contributed by atoms with Gasteiger partial charge in [0.2, 0.25) is 5.91 Å². The van der Waals surface area contributed by atoms with Crippen molar-refractivity contribution in [1.29, 1.82) is 0 Å². The van der Waals surface area contributed by atoms with Gasteiger partial charge in [-0.2, -0.15) is 0 Å². The maximum atomic E-state index is 12.1. The van der Waals surface area contributed by atoms with Crippen LogP contribution in [-0.2, 0) is 4.79 Å². The molecule has 0 radical (unpaired) electrons. The van der Waals surface area contributed by atoms with E-state index < -0.39 is 0 Å². The Bertz CT molecular complexity index is 720. The van der Waals surface area contributed by atoms with E-state index in [2.05, 4.69) is 26.3 Å². The number of hydrogen-bond acceptors (Lipinski definition) is 4. The number of hydrogen-bond donors (Lipinski definition) is 2. The Morgan fingerprint density at radius 3 is 2.83 bits per heavy atom. The third-order valence-corrected chi connectivity index (χ3v) is 4.69. The molecule has 0 aliphatic carbocycles. The van der Waals surface area contributed by atoms with Crippen molar-refractivity contribution >= 4 is 17.3 Å².